The Labute approximate surface area is 150 Å². The molecule has 0 unspecified atom stereocenters. The Balaban J connectivity index is 1.78. The number of hydrogen-bond donors (Lipinski definition) is 0. The Morgan fingerprint density at radius 3 is 2.48 bits per heavy atom. The molecule has 0 spiro atoms. The molecule has 3 heteroatoms. The van der Waals surface area contributed by atoms with Gasteiger partial charge in [0.25, 0.3) is 0 Å². The van der Waals surface area contributed by atoms with E-state index in [4.69, 9.17) is 0 Å². The molecule has 1 heterocycles. The summed E-state index contributed by atoms with van der Waals surface area (Å²) in [5, 5.41) is 0. The van der Waals surface area contributed by atoms with Gasteiger partial charge in [0.05, 0.1) is 11.4 Å². The SMILES string of the molecule is CC[C@@H](C)c1ccc(N=Cc2cc(F)c(N3CCCC3)cc2C)cc1. The topological polar surface area (TPSA) is 15.6 Å². The van der Waals surface area contributed by atoms with Crippen molar-refractivity contribution in [2.45, 2.75) is 46.0 Å². The van der Waals surface area contributed by atoms with Crippen molar-refractivity contribution in [3.05, 3.63) is 58.9 Å². The lowest BCUT2D eigenvalue weighted by molar-refractivity contribution is 0.622. The summed E-state index contributed by atoms with van der Waals surface area (Å²) in [6.07, 6.45) is 5.19. The maximum absolute atomic E-state index is 14.5. The van der Waals surface area contributed by atoms with Gasteiger partial charge in [-0.1, -0.05) is 26.0 Å². The number of nitrogens with zero attached hydrogens (tertiary/aromatic N) is 2. The van der Waals surface area contributed by atoms with Gasteiger partial charge >= 0.3 is 0 Å². The first kappa shape index (κ1) is 17.7. The number of hydrogen-bond acceptors (Lipinski definition) is 2. The quantitative estimate of drug-likeness (QED) is 0.611. The van der Waals surface area contributed by atoms with E-state index < -0.39 is 0 Å². The van der Waals surface area contributed by atoms with Crippen LogP contribution in [-0.4, -0.2) is 19.3 Å². The maximum Gasteiger partial charge on any atom is 0.147 e. The number of aryl methyl sites for hydroxylation is 1. The number of rotatable bonds is 5. The van der Waals surface area contributed by atoms with Gasteiger partial charge in [-0.3, -0.25) is 4.99 Å². The fraction of sp³-hybridized carbons (Fsp3) is 0.409. The van der Waals surface area contributed by atoms with Crippen LogP contribution in [-0.2, 0) is 0 Å². The van der Waals surface area contributed by atoms with Gasteiger partial charge in [-0.2, -0.15) is 0 Å². The van der Waals surface area contributed by atoms with Gasteiger partial charge < -0.3 is 4.90 Å². The molecule has 25 heavy (non-hydrogen) atoms. The van der Waals surface area contributed by atoms with Crippen LogP contribution in [0.25, 0.3) is 0 Å². The lowest BCUT2D eigenvalue weighted by atomic mass is 9.99. The molecule has 2 nitrogen and oxygen atoms in total. The smallest absolute Gasteiger partial charge is 0.147 e. The normalized spacial score (nSPS) is 15.9. The van der Waals surface area contributed by atoms with Crippen molar-refractivity contribution in [3.8, 4) is 0 Å². The highest BCUT2D eigenvalue weighted by atomic mass is 19.1. The molecule has 0 saturated carbocycles. The van der Waals surface area contributed by atoms with Crippen LogP contribution in [0.15, 0.2) is 41.4 Å². The summed E-state index contributed by atoms with van der Waals surface area (Å²) in [6, 6.07) is 11.9. The molecule has 2 aromatic rings. The minimum atomic E-state index is -0.152. The van der Waals surface area contributed by atoms with Crippen molar-refractivity contribution < 1.29 is 4.39 Å². The molecule has 1 aliphatic rings. The van der Waals surface area contributed by atoms with Gasteiger partial charge in [-0.15, -0.1) is 0 Å². The van der Waals surface area contributed by atoms with Crippen LogP contribution in [0.4, 0.5) is 15.8 Å². The molecular weight excluding hydrogens is 311 g/mol. The van der Waals surface area contributed by atoms with Crippen LogP contribution in [0.1, 0.15) is 55.7 Å². The Bertz CT molecular complexity index is 743. The third kappa shape index (κ3) is 4.09. The maximum atomic E-state index is 14.5. The monoisotopic (exact) mass is 338 g/mol. The van der Waals surface area contributed by atoms with Crippen LogP contribution in [0.5, 0.6) is 0 Å². The summed E-state index contributed by atoms with van der Waals surface area (Å²) in [4.78, 5) is 6.66. The zero-order valence-electron chi connectivity index (χ0n) is 15.4. The highest BCUT2D eigenvalue weighted by Gasteiger charge is 2.17. The van der Waals surface area contributed by atoms with Gasteiger partial charge in [0.1, 0.15) is 5.82 Å². The van der Waals surface area contributed by atoms with E-state index in [9.17, 15) is 4.39 Å². The van der Waals surface area contributed by atoms with E-state index in [1.807, 2.05) is 25.1 Å². The van der Waals surface area contributed by atoms with Crippen LogP contribution in [0, 0.1) is 12.7 Å². The van der Waals surface area contributed by atoms with Gasteiger partial charge in [0.15, 0.2) is 0 Å². The van der Waals surface area contributed by atoms with E-state index in [0.29, 0.717) is 5.92 Å². The lowest BCUT2D eigenvalue weighted by Gasteiger charge is -2.19. The Kier molecular flexibility index (Phi) is 5.52. The Morgan fingerprint density at radius 2 is 1.84 bits per heavy atom. The van der Waals surface area contributed by atoms with Gasteiger partial charge in [-0.05, 0) is 73.1 Å². The van der Waals surface area contributed by atoms with E-state index in [1.54, 1.807) is 12.3 Å². The zero-order chi connectivity index (χ0) is 17.8. The third-order valence-electron chi connectivity index (χ3n) is 5.21. The van der Waals surface area contributed by atoms with Crippen LogP contribution >= 0.6 is 0 Å². The van der Waals surface area contributed by atoms with Gasteiger partial charge in [0.2, 0.25) is 0 Å². The second-order valence-corrected chi connectivity index (χ2v) is 7.01. The molecule has 2 aromatic carbocycles. The molecule has 1 saturated heterocycles. The lowest BCUT2D eigenvalue weighted by Crippen LogP contribution is -2.19. The molecule has 132 valence electrons. The van der Waals surface area contributed by atoms with Crippen LogP contribution < -0.4 is 4.90 Å². The van der Waals surface area contributed by atoms with E-state index >= 15 is 0 Å². The van der Waals surface area contributed by atoms with E-state index in [1.165, 1.54) is 5.56 Å². The minimum Gasteiger partial charge on any atom is -0.369 e. The molecule has 0 radical (unpaired) electrons. The summed E-state index contributed by atoms with van der Waals surface area (Å²) >= 11 is 0. The molecule has 0 bridgehead atoms. The number of benzene rings is 2. The first-order valence-electron chi connectivity index (χ1n) is 9.27. The Hall–Kier alpha value is -2.16. The minimum absolute atomic E-state index is 0.152. The van der Waals surface area contributed by atoms with Crippen LogP contribution in [0.3, 0.4) is 0 Å². The van der Waals surface area contributed by atoms with E-state index in [2.05, 4.69) is 35.9 Å². The summed E-state index contributed by atoms with van der Waals surface area (Å²) < 4.78 is 14.5. The van der Waals surface area contributed by atoms with E-state index in [0.717, 1.165) is 54.9 Å². The van der Waals surface area contributed by atoms with Gasteiger partial charge in [-0.25, -0.2) is 4.39 Å². The van der Waals surface area contributed by atoms with Crippen LogP contribution in [0.2, 0.25) is 0 Å². The third-order valence-corrected chi connectivity index (χ3v) is 5.21. The molecular formula is C22H27FN2. The second kappa shape index (κ2) is 7.81. The summed E-state index contributed by atoms with van der Waals surface area (Å²) in [6.45, 7) is 8.34. The molecule has 1 aliphatic heterocycles. The van der Waals surface area contributed by atoms with E-state index in [-0.39, 0.29) is 5.82 Å². The predicted octanol–water partition coefficient (Wildman–Crippen LogP) is 6.00. The van der Waals surface area contributed by atoms with Crippen molar-refractivity contribution in [2.24, 2.45) is 4.99 Å². The summed E-state index contributed by atoms with van der Waals surface area (Å²) in [7, 11) is 0. The molecule has 0 amide bonds. The number of halogens is 1. The number of anilines is 1. The number of aliphatic imine (C=N–C) groups is 1. The van der Waals surface area contributed by atoms with Crippen molar-refractivity contribution in [1.29, 1.82) is 0 Å². The van der Waals surface area contributed by atoms with Crippen molar-refractivity contribution >= 4 is 17.6 Å². The second-order valence-electron chi connectivity index (χ2n) is 7.01. The van der Waals surface area contributed by atoms with Crippen molar-refractivity contribution in [2.75, 3.05) is 18.0 Å². The van der Waals surface area contributed by atoms with Crippen molar-refractivity contribution in [3.63, 3.8) is 0 Å². The fourth-order valence-corrected chi connectivity index (χ4v) is 3.29. The van der Waals surface area contributed by atoms with Crippen molar-refractivity contribution in [1.82, 2.24) is 0 Å². The fourth-order valence-electron chi connectivity index (χ4n) is 3.29. The molecule has 0 aromatic heterocycles. The predicted molar refractivity (Wildman–Crippen MR) is 105 cm³/mol. The molecule has 1 atom stereocenters. The van der Waals surface area contributed by atoms with Gasteiger partial charge in [0, 0.05) is 19.3 Å². The standard InChI is InChI=1S/C22H27FN2/c1-4-16(2)18-7-9-20(10-8-18)24-15-19-14-21(23)22(13-17(19)3)25-11-5-6-12-25/h7-10,13-16H,4-6,11-12H2,1-3H3/t16-/m1/s1. The molecule has 1 fully saturated rings. The molecule has 3 rings (SSSR count). The average molecular weight is 338 g/mol. The first-order chi connectivity index (χ1) is 12.1. The highest BCUT2D eigenvalue weighted by Crippen LogP contribution is 2.27. The first-order valence-corrected chi connectivity index (χ1v) is 9.27. The summed E-state index contributed by atoms with van der Waals surface area (Å²) in [5.41, 5.74) is 4.86. The Morgan fingerprint density at radius 1 is 1.16 bits per heavy atom. The highest BCUT2D eigenvalue weighted by molar-refractivity contribution is 5.84. The molecule has 0 N–H and O–H groups in total. The summed E-state index contributed by atoms with van der Waals surface area (Å²) in [5.74, 6) is 0.411. The average Bonchev–Trinajstić information content (AvgIpc) is 3.16. The zero-order valence-corrected chi connectivity index (χ0v) is 15.4. The largest absolute Gasteiger partial charge is 0.369 e. The molecule has 0 aliphatic carbocycles.